The minimum absolute atomic E-state index is 0.108. The standard InChI is InChI=1S/C16H23NO2/c1-2-3-10-17(11-13-19)14-16-8-6-15(7-9-16)5-4-12-18/h6-9,18-19H,2-3,10-14H2,1H3. The third-order valence-electron chi connectivity index (χ3n) is 2.92. The summed E-state index contributed by atoms with van der Waals surface area (Å²) in [5.74, 6) is 5.52. The monoisotopic (exact) mass is 261 g/mol. The minimum atomic E-state index is -0.108. The number of rotatable bonds is 7. The van der Waals surface area contributed by atoms with Crippen molar-refractivity contribution in [3.8, 4) is 11.8 Å². The topological polar surface area (TPSA) is 43.7 Å². The van der Waals surface area contributed by atoms with Crippen LogP contribution in [0, 0.1) is 11.8 Å². The van der Waals surface area contributed by atoms with Gasteiger partial charge in [0.15, 0.2) is 0 Å². The molecule has 104 valence electrons. The van der Waals surface area contributed by atoms with Crippen LogP contribution in [0.25, 0.3) is 0 Å². The first-order valence-electron chi connectivity index (χ1n) is 6.82. The summed E-state index contributed by atoms with van der Waals surface area (Å²) in [7, 11) is 0. The number of benzene rings is 1. The first-order valence-corrected chi connectivity index (χ1v) is 6.82. The van der Waals surface area contributed by atoms with Crippen molar-refractivity contribution in [3.05, 3.63) is 35.4 Å². The minimum Gasteiger partial charge on any atom is -0.395 e. The molecular weight excluding hydrogens is 238 g/mol. The van der Waals surface area contributed by atoms with Gasteiger partial charge in [-0.25, -0.2) is 0 Å². The van der Waals surface area contributed by atoms with Gasteiger partial charge >= 0.3 is 0 Å². The summed E-state index contributed by atoms with van der Waals surface area (Å²) in [6, 6.07) is 8.04. The average Bonchev–Trinajstić information content (AvgIpc) is 2.44. The van der Waals surface area contributed by atoms with Crippen LogP contribution in [0.2, 0.25) is 0 Å². The van der Waals surface area contributed by atoms with E-state index < -0.39 is 0 Å². The van der Waals surface area contributed by atoms with Crippen LogP contribution in [0.15, 0.2) is 24.3 Å². The molecule has 0 unspecified atom stereocenters. The van der Waals surface area contributed by atoms with Crippen molar-refractivity contribution < 1.29 is 10.2 Å². The summed E-state index contributed by atoms with van der Waals surface area (Å²) in [4.78, 5) is 2.26. The molecule has 1 aromatic carbocycles. The van der Waals surface area contributed by atoms with Crippen molar-refractivity contribution >= 4 is 0 Å². The summed E-state index contributed by atoms with van der Waals surface area (Å²) in [5.41, 5.74) is 2.14. The normalized spacial score (nSPS) is 10.3. The lowest BCUT2D eigenvalue weighted by atomic mass is 10.1. The van der Waals surface area contributed by atoms with Crippen LogP contribution in [-0.4, -0.2) is 41.4 Å². The molecule has 19 heavy (non-hydrogen) atoms. The fraction of sp³-hybridized carbons (Fsp3) is 0.500. The summed E-state index contributed by atoms with van der Waals surface area (Å²) >= 11 is 0. The van der Waals surface area contributed by atoms with E-state index in [0.717, 1.165) is 31.5 Å². The molecule has 0 saturated carbocycles. The highest BCUT2D eigenvalue weighted by molar-refractivity contribution is 5.36. The van der Waals surface area contributed by atoms with E-state index in [9.17, 15) is 0 Å². The molecule has 0 aliphatic carbocycles. The van der Waals surface area contributed by atoms with Crippen molar-refractivity contribution in [2.24, 2.45) is 0 Å². The second-order valence-corrected chi connectivity index (χ2v) is 4.51. The van der Waals surface area contributed by atoms with E-state index in [0.29, 0.717) is 6.54 Å². The lowest BCUT2D eigenvalue weighted by Gasteiger charge is -2.21. The van der Waals surface area contributed by atoms with Gasteiger partial charge in [-0.1, -0.05) is 37.3 Å². The Morgan fingerprint density at radius 1 is 1.11 bits per heavy atom. The third kappa shape index (κ3) is 6.40. The van der Waals surface area contributed by atoms with Gasteiger partial charge in [-0.15, -0.1) is 0 Å². The zero-order chi connectivity index (χ0) is 13.9. The van der Waals surface area contributed by atoms with Crippen molar-refractivity contribution in [3.63, 3.8) is 0 Å². The molecule has 0 radical (unpaired) electrons. The molecule has 0 amide bonds. The van der Waals surface area contributed by atoms with Crippen LogP contribution in [0.4, 0.5) is 0 Å². The summed E-state index contributed by atoms with van der Waals surface area (Å²) in [5, 5.41) is 17.7. The van der Waals surface area contributed by atoms with Crippen LogP contribution in [0.3, 0.4) is 0 Å². The van der Waals surface area contributed by atoms with E-state index in [1.165, 1.54) is 5.56 Å². The maximum Gasteiger partial charge on any atom is 0.104 e. The Morgan fingerprint density at radius 3 is 2.42 bits per heavy atom. The van der Waals surface area contributed by atoms with Crippen LogP contribution in [0.5, 0.6) is 0 Å². The van der Waals surface area contributed by atoms with Gasteiger partial charge in [-0.3, -0.25) is 4.90 Å². The van der Waals surface area contributed by atoms with E-state index in [1.54, 1.807) is 0 Å². The van der Waals surface area contributed by atoms with Gasteiger partial charge in [0, 0.05) is 18.7 Å². The van der Waals surface area contributed by atoms with Gasteiger partial charge in [0.1, 0.15) is 6.61 Å². The average molecular weight is 261 g/mol. The van der Waals surface area contributed by atoms with Crippen LogP contribution < -0.4 is 0 Å². The molecule has 1 aromatic rings. The Labute approximate surface area is 115 Å². The maximum atomic E-state index is 9.07. The smallest absolute Gasteiger partial charge is 0.104 e. The lowest BCUT2D eigenvalue weighted by molar-refractivity contribution is 0.188. The number of aliphatic hydroxyl groups excluding tert-OH is 2. The maximum absolute atomic E-state index is 9.07. The number of hydrogen-bond acceptors (Lipinski definition) is 3. The predicted molar refractivity (Wildman–Crippen MR) is 77.7 cm³/mol. The van der Waals surface area contributed by atoms with Crippen LogP contribution >= 0.6 is 0 Å². The molecule has 3 nitrogen and oxygen atoms in total. The molecule has 0 aliphatic heterocycles. The predicted octanol–water partition coefficient (Wildman–Crippen LogP) is 1.62. The Morgan fingerprint density at radius 2 is 1.84 bits per heavy atom. The number of hydrogen-bond donors (Lipinski definition) is 2. The highest BCUT2D eigenvalue weighted by Crippen LogP contribution is 2.08. The van der Waals surface area contributed by atoms with E-state index >= 15 is 0 Å². The number of nitrogens with zero attached hydrogens (tertiary/aromatic N) is 1. The Hall–Kier alpha value is -1.34. The summed E-state index contributed by atoms with van der Waals surface area (Å²) < 4.78 is 0. The Balaban J connectivity index is 2.58. The molecule has 1 rings (SSSR count). The van der Waals surface area contributed by atoms with Crippen molar-refractivity contribution in [1.82, 2.24) is 4.90 Å². The fourth-order valence-corrected chi connectivity index (χ4v) is 1.89. The first kappa shape index (κ1) is 15.7. The fourth-order valence-electron chi connectivity index (χ4n) is 1.89. The second-order valence-electron chi connectivity index (χ2n) is 4.51. The Bertz CT molecular complexity index is 403. The first-order chi connectivity index (χ1) is 9.30. The van der Waals surface area contributed by atoms with E-state index in [2.05, 4.69) is 35.8 Å². The van der Waals surface area contributed by atoms with Gasteiger partial charge in [0.05, 0.1) is 6.61 Å². The lowest BCUT2D eigenvalue weighted by Crippen LogP contribution is -2.27. The van der Waals surface area contributed by atoms with Crippen molar-refractivity contribution in [2.45, 2.75) is 26.3 Å². The molecule has 0 heterocycles. The highest BCUT2D eigenvalue weighted by Gasteiger charge is 2.04. The molecule has 0 fully saturated rings. The van der Waals surface area contributed by atoms with E-state index in [-0.39, 0.29) is 13.2 Å². The highest BCUT2D eigenvalue weighted by atomic mass is 16.3. The van der Waals surface area contributed by atoms with Gasteiger partial charge in [0.25, 0.3) is 0 Å². The molecule has 0 aliphatic rings. The van der Waals surface area contributed by atoms with Gasteiger partial charge in [-0.2, -0.15) is 0 Å². The zero-order valence-corrected chi connectivity index (χ0v) is 11.6. The molecule has 0 spiro atoms. The van der Waals surface area contributed by atoms with Crippen molar-refractivity contribution in [2.75, 3.05) is 26.3 Å². The van der Waals surface area contributed by atoms with Crippen LogP contribution in [0.1, 0.15) is 30.9 Å². The van der Waals surface area contributed by atoms with Crippen molar-refractivity contribution in [1.29, 1.82) is 0 Å². The zero-order valence-electron chi connectivity index (χ0n) is 11.6. The SMILES string of the molecule is CCCCN(CCO)Cc1ccc(C#CCO)cc1. The molecule has 0 aromatic heterocycles. The molecular formula is C16H23NO2. The van der Waals surface area contributed by atoms with Crippen LogP contribution in [-0.2, 0) is 6.54 Å². The van der Waals surface area contributed by atoms with Gasteiger partial charge in [-0.05, 0) is 30.7 Å². The molecule has 0 atom stereocenters. The molecule has 3 heteroatoms. The summed E-state index contributed by atoms with van der Waals surface area (Å²) in [6.45, 7) is 4.85. The third-order valence-corrected chi connectivity index (χ3v) is 2.92. The molecule has 0 saturated heterocycles. The quantitative estimate of drug-likeness (QED) is 0.733. The van der Waals surface area contributed by atoms with E-state index in [1.807, 2.05) is 12.1 Å². The summed E-state index contributed by atoms with van der Waals surface area (Å²) in [6.07, 6.45) is 2.32. The Kier molecular flexibility index (Phi) is 7.92. The second kappa shape index (κ2) is 9.57. The number of aliphatic hydroxyl groups is 2. The molecule has 2 N–H and O–H groups in total. The molecule has 0 bridgehead atoms. The van der Waals surface area contributed by atoms with Gasteiger partial charge in [0.2, 0.25) is 0 Å². The largest absolute Gasteiger partial charge is 0.395 e. The van der Waals surface area contributed by atoms with E-state index in [4.69, 9.17) is 10.2 Å². The number of unbranched alkanes of at least 4 members (excludes halogenated alkanes) is 1. The van der Waals surface area contributed by atoms with Gasteiger partial charge < -0.3 is 10.2 Å².